The van der Waals surface area contributed by atoms with Crippen molar-refractivity contribution in [2.24, 2.45) is 5.92 Å². The highest BCUT2D eigenvalue weighted by Gasteiger charge is 2.34. The molecule has 1 saturated heterocycles. The average Bonchev–Trinajstić information content (AvgIpc) is 2.67. The highest BCUT2D eigenvalue weighted by molar-refractivity contribution is 5.97. The number of nitrogens with one attached hydrogen (secondary N) is 1. The first-order valence-electron chi connectivity index (χ1n) is 10.4. The summed E-state index contributed by atoms with van der Waals surface area (Å²) in [6, 6.07) is 7.53. The highest BCUT2D eigenvalue weighted by atomic mass is 16.5. The fourth-order valence-corrected chi connectivity index (χ4v) is 3.52. The molecule has 1 fully saturated rings. The molecule has 6 heteroatoms. The predicted octanol–water partition coefficient (Wildman–Crippen LogP) is 3.57. The van der Waals surface area contributed by atoms with Gasteiger partial charge in [-0.25, -0.2) is 0 Å². The van der Waals surface area contributed by atoms with Gasteiger partial charge in [-0.3, -0.25) is 9.69 Å². The summed E-state index contributed by atoms with van der Waals surface area (Å²) in [6.07, 6.45) is 1.66. The van der Waals surface area contributed by atoms with E-state index in [1.807, 2.05) is 38.1 Å². The molecule has 1 atom stereocenters. The molecular weight excluding hydrogens is 356 g/mol. The van der Waals surface area contributed by atoms with Crippen LogP contribution in [0.1, 0.15) is 40.5 Å². The Labute approximate surface area is 169 Å². The number of anilines is 1. The summed E-state index contributed by atoms with van der Waals surface area (Å²) >= 11 is 0. The van der Waals surface area contributed by atoms with Gasteiger partial charge in [0.15, 0.2) is 0 Å². The van der Waals surface area contributed by atoms with Gasteiger partial charge < -0.3 is 19.5 Å². The van der Waals surface area contributed by atoms with Gasteiger partial charge in [-0.2, -0.15) is 0 Å². The van der Waals surface area contributed by atoms with Gasteiger partial charge in [0.05, 0.1) is 19.8 Å². The van der Waals surface area contributed by atoms with Gasteiger partial charge in [0, 0.05) is 31.9 Å². The van der Waals surface area contributed by atoms with E-state index in [0.29, 0.717) is 25.6 Å². The van der Waals surface area contributed by atoms with Gasteiger partial charge >= 0.3 is 0 Å². The molecule has 0 saturated carbocycles. The van der Waals surface area contributed by atoms with Crippen LogP contribution in [0.25, 0.3) is 0 Å². The molecule has 0 unspecified atom stereocenters. The lowest BCUT2D eigenvalue weighted by atomic mass is 9.93. The summed E-state index contributed by atoms with van der Waals surface area (Å²) in [5.41, 5.74) is -0.0715. The molecular formula is C22H36N2O4. The van der Waals surface area contributed by atoms with Crippen LogP contribution in [0.3, 0.4) is 0 Å². The zero-order valence-corrected chi connectivity index (χ0v) is 17.8. The number of amides is 1. The van der Waals surface area contributed by atoms with Crippen LogP contribution in [0.15, 0.2) is 24.3 Å². The van der Waals surface area contributed by atoms with E-state index >= 15 is 0 Å². The van der Waals surface area contributed by atoms with E-state index in [9.17, 15) is 4.79 Å². The Bertz CT molecular complexity index is 585. The maximum Gasteiger partial charge on any atom is 0.256 e. The first kappa shape index (κ1) is 22.7. The lowest BCUT2D eigenvalue weighted by Crippen LogP contribution is -2.43. The third-order valence-electron chi connectivity index (χ3n) is 4.84. The molecule has 2 rings (SSSR count). The molecule has 1 aliphatic heterocycles. The number of ether oxygens (including phenoxy) is 3. The quantitative estimate of drug-likeness (QED) is 0.584. The number of rotatable bonds is 11. The maximum atomic E-state index is 12.7. The third-order valence-corrected chi connectivity index (χ3v) is 4.84. The van der Waals surface area contributed by atoms with E-state index in [0.717, 1.165) is 50.7 Å². The van der Waals surface area contributed by atoms with Crippen molar-refractivity contribution in [2.45, 2.75) is 46.1 Å². The lowest BCUT2D eigenvalue weighted by Gasteiger charge is -2.29. The van der Waals surface area contributed by atoms with Crippen LogP contribution >= 0.6 is 0 Å². The van der Waals surface area contributed by atoms with Crippen LogP contribution in [0.4, 0.5) is 5.69 Å². The van der Waals surface area contributed by atoms with Crippen molar-refractivity contribution in [1.29, 1.82) is 0 Å². The Kier molecular flexibility index (Phi) is 9.22. The minimum atomic E-state index is -0.822. The normalized spacial score (nSPS) is 17.3. The van der Waals surface area contributed by atoms with Crippen molar-refractivity contribution in [3.8, 4) is 5.75 Å². The molecule has 1 aliphatic rings. The van der Waals surface area contributed by atoms with Gasteiger partial charge in [0.1, 0.15) is 11.4 Å². The minimum Gasteiger partial charge on any atom is -0.494 e. The minimum absolute atomic E-state index is 0.109. The van der Waals surface area contributed by atoms with Crippen LogP contribution in [-0.4, -0.2) is 62.5 Å². The van der Waals surface area contributed by atoms with E-state index in [2.05, 4.69) is 24.1 Å². The van der Waals surface area contributed by atoms with Crippen molar-refractivity contribution in [2.75, 3.05) is 51.4 Å². The summed E-state index contributed by atoms with van der Waals surface area (Å²) in [6.45, 7) is 13.8. The largest absolute Gasteiger partial charge is 0.494 e. The van der Waals surface area contributed by atoms with E-state index in [1.165, 1.54) is 0 Å². The topological polar surface area (TPSA) is 60.0 Å². The van der Waals surface area contributed by atoms with E-state index in [1.54, 1.807) is 0 Å². The first-order valence-corrected chi connectivity index (χ1v) is 10.4. The number of hydrogen-bond acceptors (Lipinski definition) is 5. The van der Waals surface area contributed by atoms with E-state index in [-0.39, 0.29) is 5.91 Å². The molecule has 1 N–H and O–H groups in total. The van der Waals surface area contributed by atoms with Crippen LogP contribution in [-0.2, 0) is 14.3 Å². The summed E-state index contributed by atoms with van der Waals surface area (Å²) < 4.78 is 16.9. The highest BCUT2D eigenvalue weighted by Crippen LogP contribution is 2.24. The number of hydrogen-bond donors (Lipinski definition) is 1. The molecule has 0 aromatic heterocycles. The number of carbonyl (C=O) groups excluding carboxylic acids is 1. The summed E-state index contributed by atoms with van der Waals surface area (Å²) in [5.74, 6) is 1.08. The zero-order chi connectivity index (χ0) is 20.4. The fourth-order valence-electron chi connectivity index (χ4n) is 3.52. The Morgan fingerprint density at radius 1 is 1.25 bits per heavy atom. The number of benzene rings is 1. The van der Waals surface area contributed by atoms with Gasteiger partial charge in [-0.1, -0.05) is 13.8 Å². The number of morpholine rings is 1. The van der Waals surface area contributed by atoms with Crippen LogP contribution in [0.2, 0.25) is 0 Å². The second-order valence-electron chi connectivity index (χ2n) is 7.90. The van der Waals surface area contributed by atoms with Gasteiger partial charge in [0.25, 0.3) is 5.91 Å². The Balaban J connectivity index is 1.78. The average molecular weight is 393 g/mol. The molecule has 28 heavy (non-hydrogen) atoms. The van der Waals surface area contributed by atoms with Crippen LogP contribution < -0.4 is 10.1 Å². The molecule has 0 aliphatic carbocycles. The van der Waals surface area contributed by atoms with Crippen molar-refractivity contribution >= 4 is 11.6 Å². The van der Waals surface area contributed by atoms with E-state index in [4.69, 9.17) is 14.2 Å². The second-order valence-corrected chi connectivity index (χ2v) is 7.90. The van der Waals surface area contributed by atoms with Crippen LogP contribution in [0.5, 0.6) is 5.75 Å². The van der Waals surface area contributed by atoms with Gasteiger partial charge in [-0.05, 0) is 56.9 Å². The predicted molar refractivity (Wildman–Crippen MR) is 112 cm³/mol. The summed E-state index contributed by atoms with van der Waals surface area (Å²) in [5, 5.41) is 2.97. The summed E-state index contributed by atoms with van der Waals surface area (Å²) in [7, 11) is 0. The Morgan fingerprint density at radius 3 is 2.54 bits per heavy atom. The summed E-state index contributed by atoms with van der Waals surface area (Å²) in [4.78, 5) is 15.1. The molecule has 1 heterocycles. The number of carbonyl (C=O) groups is 1. The molecule has 0 radical (unpaired) electrons. The van der Waals surface area contributed by atoms with Crippen molar-refractivity contribution in [3.05, 3.63) is 24.3 Å². The first-order chi connectivity index (χ1) is 13.4. The maximum absolute atomic E-state index is 12.7. The third kappa shape index (κ3) is 7.41. The standard InChI is InChI=1S/C22H36N2O4/c1-5-28-22(4,17-18(2)3)21(25)23-19-7-9-20(10-8-19)27-14-6-11-24-12-15-26-16-13-24/h7-10,18H,5-6,11-17H2,1-4H3,(H,23,25)/t22-/m1/s1. The zero-order valence-electron chi connectivity index (χ0n) is 17.8. The molecule has 1 amide bonds. The Hall–Kier alpha value is -1.63. The molecule has 0 spiro atoms. The lowest BCUT2D eigenvalue weighted by molar-refractivity contribution is -0.140. The van der Waals surface area contributed by atoms with Crippen molar-refractivity contribution in [1.82, 2.24) is 4.90 Å². The van der Waals surface area contributed by atoms with Crippen molar-refractivity contribution < 1.29 is 19.0 Å². The van der Waals surface area contributed by atoms with Crippen molar-refractivity contribution in [3.63, 3.8) is 0 Å². The van der Waals surface area contributed by atoms with E-state index < -0.39 is 5.60 Å². The molecule has 158 valence electrons. The van der Waals surface area contributed by atoms with Crippen LogP contribution in [0, 0.1) is 5.92 Å². The monoisotopic (exact) mass is 392 g/mol. The smallest absolute Gasteiger partial charge is 0.256 e. The SMILES string of the molecule is CCO[C@](C)(CC(C)C)C(=O)Nc1ccc(OCCCN2CCOCC2)cc1. The number of nitrogens with zero attached hydrogens (tertiary/aromatic N) is 1. The molecule has 1 aromatic rings. The fraction of sp³-hybridized carbons (Fsp3) is 0.682. The second kappa shape index (κ2) is 11.4. The molecule has 1 aromatic carbocycles. The molecule has 0 bridgehead atoms. The van der Waals surface area contributed by atoms with Gasteiger partial charge in [0.2, 0.25) is 0 Å². The Morgan fingerprint density at radius 2 is 1.93 bits per heavy atom. The van der Waals surface area contributed by atoms with Gasteiger partial charge in [-0.15, -0.1) is 0 Å². The molecule has 6 nitrogen and oxygen atoms in total.